The molecule has 1 atom stereocenters. The van der Waals surface area contributed by atoms with Gasteiger partial charge in [0.1, 0.15) is 11.6 Å². The van der Waals surface area contributed by atoms with Crippen LogP contribution in [0.5, 0.6) is 5.75 Å². The number of alkyl halides is 2. The lowest BCUT2D eigenvalue weighted by atomic mass is 10.1. The fraction of sp³-hybridized carbons (Fsp3) is 0.278. The van der Waals surface area contributed by atoms with Crippen LogP contribution >= 0.6 is 0 Å². The Kier molecular flexibility index (Phi) is 6.98. The average molecular weight is 387 g/mol. The summed E-state index contributed by atoms with van der Waals surface area (Å²) in [7, 11) is 1.45. The Morgan fingerprint density at radius 3 is 2.44 bits per heavy atom. The molecule has 2 rings (SSSR count). The Labute approximate surface area is 153 Å². The van der Waals surface area contributed by atoms with Gasteiger partial charge in [-0.2, -0.15) is 8.78 Å². The van der Waals surface area contributed by atoms with Gasteiger partial charge in [-0.3, -0.25) is 4.99 Å². The minimum atomic E-state index is -3.09. The van der Waals surface area contributed by atoms with Crippen molar-refractivity contribution in [2.75, 3.05) is 7.05 Å². The van der Waals surface area contributed by atoms with Gasteiger partial charge in [-0.25, -0.2) is 13.2 Å². The number of benzene rings is 2. The van der Waals surface area contributed by atoms with Crippen LogP contribution in [0.25, 0.3) is 0 Å². The van der Waals surface area contributed by atoms with E-state index < -0.39 is 30.1 Å². The third-order valence-electron chi connectivity index (χ3n) is 3.75. The second kappa shape index (κ2) is 9.20. The summed E-state index contributed by atoms with van der Waals surface area (Å²) in [5.41, 5.74) is 0.366. The summed E-state index contributed by atoms with van der Waals surface area (Å²) < 4.78 is 69.6. The van der Waals surface area contributed by atoms with Gasteiger partial charge in [0.2, 0.25) is 0 Å². The SMILES string of the molecule is CN=C(NCc1c(F)cccc1OC(F)F)NC(C)c1ccc(F)c(F)c1. The van der Waals surface area contributed by atoms with Crippen molar-refractivity contribution in [2.24, 2.45) is 4.99 Å². The molecular weight excluding hydrogens is 369 g/mol. The number of aliphatic imine (C=N–C) groups is 1. The second-order valence-electron chi connectivity index (χ2n) is 5.56. The summed E-state index contributed by atoms with van der Waals surface area (Å²) in [6, 6.07) is 6.62. The molecule has 0 amide bonds. The highest BCUT2D eigenvalue weighted by Gasteiger charge is 2.15. The van der Waals surface area contributed by atoms with E-state index in [1.165, 1.54) is 25.2 Å². The highest BCUT2D eigenvalue weighted by Crippen LogP contribution is 2.23. The highest BCUT2D eigenvalue weighted by atomic mass is 19.3. The van der Waals surface area contributed by atoms with Crippen LogP contribution in [0.2, 0.25) is 0 Å². The Balaban J connectivity index is 2.07. The predicted molar refractivity (Wildman–Crippen MR) is 91.1 cm³/mol. The number of hydrogen-bond donors (Lipinski definition) is 2. The predicted octanol–water partition coefficient (Wildman–Crippen LogP) is 4.13. The quantitative estimate of drug-likeness (QED) is 0.445. The Morgan fingerprint density at radius 2 is 1.81 bits per heavy atom. The average Bonchev–Trinajstić information content (AvgIpc) is 2.61. The van der Waals surface area contributed by atoms with Crippen LogP contribution in [0.4, 0.5) is 22.0 Å². The molecule has 0 aliphatic heterocycles. The lowest BCUT2D eigenvalue weighted by Crippen LogP contribution is -2.38. The van der Waals surface area contributed by atoms with Crippen LogP contribution in [0.3, 0.4) is 0 Å². The van der Waals surface area contributed by atoms with Crippen molar-refractivity contribution in [1.29, 1.82) is 0 Å². The molecule has 1 unspecified atom stereocenters. The van der Waals surface area contributed by atoms with Crippen LogP contribution in [-0.2, 0) is 6.54 Å². The van der Waals surface area contributed by atoms with E-state index >= 15 is 0 Å². The second-order valence-corrected chi connectivity index (χ2v) is 5.56. The van der Waals surface area contributed by atoms with Crippen molar-refractivity contribution < 1.29 is 26.7 Å². The lowest BCUT2D eigenvalue weighted by molar-refractivity contribution is -0.0506. The first kappa shape index (κ1) is 20.5. The van der Waals surface area contributed by atoms with Crippen LogP contribution in [0, 0.1) is 17.5 Å². The third kappa shape index (κ3) is 5.57. The van der Waals surface area contributed by atoms with E-state index in [1.807, 2.05) is 0 Å². The van der Waals surface area contributed by atoms with E-state index in [-0.39, 0.29) is 23.8 Å². The summed E-state index contributed by atoms with van der Waals surface area (Å²) in [4.78, 5) is 3.94. The van der Waals surface area contributed by atoms with E-state index in [9.17, 15) is 22.0 Å². The monoisotopic (exact) mass is 387 g/mol. The van der Waals surface area contributed by atoms with E-state index in [2.05, 4.69) is 20.4 Å². The maximum absolute atomic E-state index is 14.0. The summed E-state index contributed by atoms with van der Waals surface area (Å²) in [5.74, 6) is -2.74. The number of nitrogens with zero attached hydrogens (tertiary/aromatic N) is 1. The fourth-order valence-electron chi connectivity index (χ4n) is 2.35. The minimum Gasteiger partial charge on any atom is -0.434 e. The van der Waals surface area contributed by atoms with Gasteiger partial charge in [-0.1, -0.05) is 12.1 Å². The topological polar surface area (TPSA) is 45.7 Å². The molecule has 2 N–H and O–H groups in total. The molecule has 0 heterocycles. The summed E-state index contributed by atoms with van der Waals surface area (Å²) >= 11 is 0. The smallest absolute Gasteiger partial charge is 0.387 e. The van der Waals surface area contributed by atoms with Gasteiger partial charge in [0, 0.05) is 19.2 Å². The molecule has 0 bridgehead atoms. The number of guanidine groups is 1. The molecule has 9 heteroatoms. The summed E-state index contributed by atoms with van der Waals surface area (Å²) in [6.45, 7) is -1.58. The lowest BCUT2D eigenvalue weighted by Gasteiger charge is -2.19. The Bertz CT molecular complexity index is 814. The van der Waals surface area contributed by atoms with E-state index in [0.29, 0.717) is 5.56 Å². The summed E-state index contributed by atoms with van der Waals surface area (Å²) in [6.07, 6.45) is 0. The largest absolute Gasteiger partial charge is 0.434 e. The zero-order valence-electron chi connectivity index (χ0n) is 14.6. The van der Waals surface area contributed by atoms with Gasteiger partial charge in [0.15, 0.2) is 17.6 Å². The third-order valence-corrected chi connectivity index (χ3v) is 3.75. The molecule has 0 aliphatic rings. The molecule has 0 aliphatic carbocycles. The van der Waals surface area contributed by atoms with Crippen molar-refractivity contribution in [1.82, 2.24) is 10.6 Å². The Hall–Kier alpha value is -2.84. The molecule has 0 spiro atoms. The van der Waals surface area contributed by atoms with Gasteiger partial charge in [-0.05, 0) is 36.8 Å². The standard InChI is InChI=1S/C18H18F5N3O/c1-10(11-6-7-14(20)15(21)8-11)26-18(24-2)25-9-12-13(19)4-3-5-16(12)27-17(22)23/h3-8,10,17H,9H2,1-2H3,(H2,24,25,26). The van der Waals surface area contributed by atoms with Crippen molar-refractivity contribution in [2.45, 2.75) is 26.1 Å². The molecule has 0 aromatic heterocycles. The van der Waals surface area contributed by atoms with Crippen LogP contribution < -0.4 is 15.4 Å². The van der Waals surface area contributed by atoms with Crippen molar-refractivity contribution in [3.8, 4) is 5.75 Å². The zero-order chi connectivity index (χ0) is 20.0. The maximum Gasteiger partial charge on any atom is 0.387 e. The van der Waals surface area contributed by atoms with Crippen molar-refractivity contribution >= 4 is 5.96 Å². The van der Waals surface area contributed by atoms with E-state index in [0.717, 1.165) is 18.2 Å². The van der Waals surface area contributed by atoms with Gasteiger partial charge in [-0.15, -0.1) is 0 Å². The molecule has 0 radical (unpaired) electrons. The fourth-order valence-corrected chi connectivity index (χ4v) is 2.35. The zero-order valence-corrected chi connectivity index (χ0v) is 14.6. The number of rotatable bonds is 6. The van der Waals surface area contributed by atoms with Crippen LogP contribution in [0.1, 0.15) is 24.1 Å². The van der Waals surface area contributed by atoms with Gasteiger partial charge in [0.25, 0.3) is 0 Å². The molecule has 4 nitrogen and oxygen atoms in total. The maximum atomic E-state index is 14.0. The van der Waals surface area contributed by atoms with Gasteiger partial charge >= 0.3 is 6.61 Å². The molecule has 27 heavy (non-hydrogen) atoms. The Morgan fingerprint density at radius 1 is 1.07 bits per heavy atom. The highest BCUT2D eigenvalue weighted by molar-refractivity contribution is 5.80. The van der Waals surface area contributed by atoms with Crippen LogP contribution in [0.15, 0.2) is 41.4 Å². The first-order valence-corrected chi connectivity index (χ1v) is 7.96. The van der Waals surface area contributed by atoms with Crippen molar-refractivity contribution in [3.05, 3.63) is 65.0 Å². The normalized spacial score (nSPS) is 12.8. The molecule has 0 saturated heterocycles. The minimum absolute atomic E-state index is 0.0961. The number of halogens is 5. The van der Waals surface area contributed by atoms with Crippen molar-refractivity contribution in [3.63, 3.8) is 0 Å². The molecule has 0 saturated carbocycles. The molecule has 0 fully saturated rings. The number of hydrogen-bond acceptors (Lipinski definition) is 2. The molecule has 146 valence electrons. The first-order valence-electron chi connectivity index (χ1n) is 7.96. The van der Waals surface area contributed by atoms with E-state index in [1.54, 1.807) is 6.92 Å². The molecule has 2 aromatic carbocycles. The molecule has 2 aromatic rings. The molecular formula is C18H18F5N3O. The van der Waals surface area contributed by atoms with Gasteiger partial charge in [0.05, 0.1) is 6.04 Å². The first-order chi connectivity index (χ1) is 12.8. The summed E-state index contributed by atoms with van der Waals surface area (Å²) in [5, 5.41) is 5.69. The van der Waals surface area contributed by atoms with Crippen LogP contribution in [-0.4, -0.2) is 19.6 Å². The number of ether oxygens (including phenoxy) is 1. The van der Waals surface area contributed by atoms with E-state index in [4.69, 9.17) is 0 Å². The van der Waals surface area contributed by atoms with Gasteiger partial charge < -0.3 is 15.4 Å². The number of nitrogens with one attached hydrogen (secondary N) is 2.